The molecule has 4 rings (SSSR count). The van der Waals surface area contributed by atoms with Crippen molar-refractivity contribution in [2.45, 2.75) is 25.3 Å². The third-order valence-electron chi connectivity index (χ3n) is 5.09. The smallest absolute Gasteiger partial charge is 0.353 e. The maximum atomic E-state index is 13.0. The van der Waals surface area contributed by atoms with E-state index in [0.717, 1.165) is 22.6 Å². The van der Waals surface area contributed by atoms with E-state index in [1.54, 1.807) is 23.9 Å². The maximum absolute atomic E-state index is 13.0. The van der Waals surface area contributed by atoms with Crippen molar-refractivity contribution < 1.29 is 24.3 Å². The van der Waals surface area contributed by atoms with Crippen LogP contribution in [0.15, 0.2) is 44.9 Å². The number of anilines is 1. The zero-order valence-corrected chi connectivity index (χ0v) is 21.7. The van der Waals surface area contributed by atoms with Crippen molar-refractivity contribution in [2.24, 2.45) is 5.16 Å². The van der Waals surface area contributed by atoms with Crippen molar-refractivity contribution in [3.63, 3.8) is 0 Å². The number of pyridine rings is 1. The predicted molar refractivity (Wildman–Crippen MR) is 140 cm³/mol. The zero-order chi connectivity index (χ0) is 25.8. The number of carbonyl (C=O) groups is 3. The number of thiazole rings is 1. The number of nitrogens with one attached hydrogen (secondary N) is 1. The summed E-state index contributed by atoms with van der Waals surface area (Å²) >= 11 is 3.75. The number of β-lactam (4-membered cyclic amide) rings is 1. The van der Waals surface area contributed by atoms with Gasteiger partial charge in [0.1, 0.15) is 29.4 Å². The Morgan fingerprint density at radius 2 is 2.25 bits per heavy atom. The first-order chi connectivity index (χ1) is 17.3. The fourth-order valence-electron chi connectivity index (χ4n) is 3.39. The lowest BCUT2D eigenvalue weighted by atomic mass is 10.0. The molecular weight excluding hydrogens is 524 g/mol. The maximum Gasteiger partial charge on any atom is 0.353 e. The van der Waals surface area contributed by atoms with Gasteiger partial charge in [-0.05, 0) is 37.0 Å². The van der Waals surface area contributed by atoms with Crippen LogP contribution in [0.25, 0.3) is 6.08 Å². The summed E-state index contributed by atoms with van der Waals surface area (Å²) in [5.74, 6) is -2.02. The molecule has 0 saturated carbocycles. The molecule has 2 atom stereocenters. The molecule has 188 valence electrons. The summed E-state index contributed by atoms with van der Waals surface area (Å²) in [6.45, 7) is 3.83. The van der Waals surface area contributed by atoms with Crippen LogP contribution in [0.5, 0.6) is 0 Å². The van der Waals surface area contributed by atoms with E-state index in [-0.39, 0.29) is 28.8 Å². The molecule has 11 nitrogen and oxygen atoms in total. The number of aryl methyl sites for hydroxylation is 1. The zero-order valence-electron chi connectivity index (χ0n) is 19.2. The third-order valence-corrected chi connectivity index (χ3v) is 8.12. The Morgan fingerprint density at radius 1 is 1.44 bits per heavy atom. The molecule has 2 aliphatic rings. The molecule has 2 amide bonds. The first kappa shape index (κ1) is 25.7. The number of hydrogen-bond acceptors (Lipinski definition) is 11. The van der Waals surface area contributed by atoms with Crippen molar-refractivity contribution >= 4 is 69.6 Å². The minimum Gasteiger partial charge on any atom is -0.477 e. The number of thioether (sulfide) groups is 2. The second-order valence-electron chi connectivity index (χ2n) is 7.52. The summed E-state index contributed by atoms with van der Waals surface area (Å²) in [5, 5.41) is 19.3. The summed E-state index contributed by atoms with van der Waals surface area (Å²) < 4.78 is 0. The fourth-order valence-corrected chi connectivity index (χ4v) is 6.30. The van der Waals surface area contributed by atoms with Gasteiger partial charge in [0.05, 0.1) is 0 Å². The first-order valence-electron chi connectivity index (χ1n) is 10.7. The average Bonchev–Trinajstić information content (AvgIpc) is 3.29. The van der Waals surface area contributed by atoms with E-state index in [0.29, 0.717) is 10.7 Å². The molecule has 36 heavy (non-hydrogen) atoms. The van der Waals surface area contributed by atoms with Gasteiger partial charge in [0.15, 0.2) is 10.8 Å². The number of carboxylic acid groups (broad SMARTS) is 1. The van der Waals surface area contributed by atoms with Gasteiger partial charge in [0.2, 0.25) is 0 Å². The monoisotopic (exact) mass is 546 g/mol. The van der Waals surface area contributed by atoms with Crippen molar-refractivity contribution in [2.75, 3.05) is 18.1 Å². The van der Waals surface area contributed by atoms with Crippen molar-refractivity contribution in [3.05, 3.63) is 56.7 Å². The van der Waals surface area contributed by atoms with Gasteiger partial charge in [0.25, 0.3) is 11.8 Å². The van der Waals surface area contributed by atoms with Crippen LogP contribution in [-0.2, 0) is 19.2 Å². The summed E-state index contributed by atoms with van der Waals surface area (Å²) in [7, 11) is 0. The van der Waals surface area contributed by atoms with Gasteiger partial charge in [-0.1, -0.05) is 23.0 Å². The van der Waals surface area contributed by atoms with Gasteiger partial charge in [0, 0.05) is 27.9 Å². The molecule has 0 aliphatic carbocycles. The van der Waals surface area contributed by atoms with Gasteiger partial charge in [-0.2, -0.15) is 0 Å². The van der Waals surface area contributed by atoms with E-state index >= 15 is 0 Å². The van der Waals surface area contributed by atoms with Gasteiger partial charge in [-0.15, -0.1) is 23.1 Å². The topological polar surface area (TPSA) is 160 Å². The Morgan fingerprint density at radius 3 is 2.89 bits per heavy atom. The van der Waals surface area contributed by atoms with Crippen LogP contribution < -0.4 is 11.1 Å². The van der Waals surface area contributed by atoms with Crippen LogP contribution in [0.4, 0.5) is 5.13 Å². The van der Waals surface area contributed by atoms with E-state index < -0.39 is 29.2 Å². The van der Waals surface area contributed by atoms with Crippen molar-refractivity contribution in [3.8, 4) is 0 Å². The van der Waals surface area contributed by atoms with Crippen LogP contribution >= 0.6 is 34.9 Å². The number of amides is 2. The highest BCUT2D eigenvalue weighted by atomic mass is 32.2. The Bertz CT molecular complexity index is 1270. The molecule has 2 aromatic rings. The SMILES string of the molecule is CCO/N=C(/C(=O)NC1C(=O)N2C(C(=O)O)=C(S/C=C\c3ccc(C)nc3)CSC12)c1csc(N)n1. The van der Waals surface area contributed by atoms with Crippen LogP contribution in [0.3, 0.4) is 0 Å². The lowest BCUT2D eigenvalue weighted by Gasteiger charge is -2.49. The van der Waals surface area contributed by atoms with Crippen LogP contribution in [0.1, 0.15) is 23.9 Å². The number of nitrogen functional groups attached to an aromatic ring is 1. The van der Waals surface area contributed by atoms with Gasteiger partial charge >= 0.3 is 5.97 Å². The minimum atomic E-state index is -1.21. The molecule has 0 bridgehead atoms. The van der Waals surface area contributed by atoms with Gasteiger partial charge < -0.3 is 21.0 Å². The number of carboxylic acids is 1. The van der Waals surface area contributed by atoms with Crippen LogP contribution in [0, 0.1) is 6.92 Å². The number of fused-ring (bicyclic) bond motifs is 1. The number of hydrogen-bond donors (Lipinski definition) is 3. The second kappa shape index (κ2) is 11.1. The molecule has 4 N–H and O–H groups in total. The van der Waals surface area contributed by atoms with Crippen LogP contribution in [-0.4, -0.2) is 67.2 Å². The lowest BCUT2D eigenvalue weighted by molar-refractivity contribution is -0.150. The van der Waals surface area contributed by atoms with Crippen molar-refractivity contribution in [1.29, 1.82) is 0 Å². The van der Waals surface area contributed by atoms with Gasteiger partial charge in [-0.25, -0.2) is 9.78 Å². The molecule has 1 saturated heterocycles. The van der Waals surface area contributed by atoms with E-state index in [9.17, 15) is 19.5 Å². The third kappa shape index (κ3) is 5.39. The Labute approximate surface area is 218 Å². The number of nitrogens with two attached hydrogens (primary N) is 1. The van der Waals surface area contributed by atoms with Crippen LogP contribution in [0.2, 0.25) is 0 Å². The molecule has 2 unspecified atom stereocenters. The van der Waals surface area contributed by atoms with Crippen molar-refractivity contribution in [1.82, 2.24) is 20.2 Å². The predicted octanol–water partition coefficient (Wildman–Crippen LogP) is 2.27. The summed E-state index contributed by atoms with van der Waals surface area (Å²) in [4.78, 5) is 53.0. The molecular formula is C22H22N6O5S3. The molecule has 14 heteroatoms. The highest BCUT2D eigenvalue weighted by Gasteiger charge is 2.54. The average molecular weight is 547 g/mol. The normalized spacial score (nSPS) is 19.8. The van der Waals surface area contributed by atoms with Gasteiger partial charge in [-0.3, -0.25) is 19.5 Å². The largest absolute Gasteiger partial charge is 0.477 e. The number of carbonyl (C=O) groups excluding carboxylic acids is 2. The molecule has 0 aromatic carbocycles. The molecule has 4 heterocycles. The van der Waals surface area contributed by atoms with E-state index in [1.807, 2.05) is 25.1 Å². The Hall–Kier alpha value is -3.36. The first-order valence-corrected chi connectivity index (χ1v) is 13.5. The number of rotatable bonds is 9. The summed E-state index contributed by atoms with van der Waals surface area (Å²) in [6, 6.07) is 2.88. The fraction of sp³-hybridized carbons (Fsp3) is 0.273. The van der Waals surface area contributed by atoms with E-state index in [1.165, 1.54) is 28.4 Å². The standard InChI is InChI=1S/C22H22N6O5S3/c1-3-33-27-15(13-9-36-22(23)25-13)18(29)26-16-19(30)28-17(21(31)32)14(10-35-20(16)28)34-7-6-12-5-4-11(2)24-8-12/h4-9,16,20H,3,10H2,1-2H3,(H2,23,25)(H,26,29)(H,31,32)/b7-6-,27-15+. The highest BCUT2D eigenvalue weighted by molar-refractivity contribution is 8.08. The Kier molecular flexibility index (Phi) is 7.96. The summed E-state index contributed by atoms with van der Waals surface area (Å²) in [6.07, 6.45) is 3.55. The number of nitrogens with zero attached hydrogens (tertiary/aromatic N) is 4. The molecule has 1 fully saturated rings. The number of aliphatic carboxylic acids is 1. The molecule has 0 spiro atoms. The molecule has 2 aliphatic heterocycles. The highest BCUT2D eigenvalue weighted by Crippen LogP contribution is 2.43. The summed E-state index contributed by atoms with van der Waals surface area (Å²) in [5.41, 5.74) is 7.47. The number of oxime groups is 1. The number of aromatic nitrogens is 2. The molecule has 2 aromatic heterocycles. The van der Waals surface area contributed by atoms with E-state index in [2.05, 4.69) is 20.4 Å². The molecule has 0 radical (unpaired) electrons. The van der Waals surface area contributed by atoms with E-state index in [4.69, 9.17) is 10.6 Å². The lowest BCUT2D eigenvalue weighted by Crippen LogP contribution is -2.71. The minimum absolute atomic E-state index is 0.0820. The quantitative estimate of drug-likeness (QED) is 0.242. The Balaban J connectivity index is 1.48. The second-order valence-corrected chi connectivity index (χ2v) is 10.5.